The maximum Gasteiger partial charge on any atom is 0.175 e. The number of hydrogen-bond donors (Lipinski definition) is 0. The zero-order valence-corrected chi connectivity index (χ0v) is 19.1. The lowest BCUT2D eigenvalue weighted by atomic mass is 10.2. The van der Waals surface area contributed by atoms with E-state index in [9.17, 15) is 12.8 Å². The lowest BCUT2D eigenvalue weighted by Gasteiger charge is -2.08. The van der Waals surface area contributed by atoms with Crippen molar-refractivity contribution in [2.24, 2.45) is 7.05 Å². The van der Waals surface area contributed by atoms with Gasteiger partial charge in [-0.25, -0.2) is 17.8 Å². The van der Waals surface area contributed by atoms with E-state index in [4.69, 9.17) is 16.6 Å². The molecular formula is C23H18ClFN2O2S2. The zero-order chi connectivity index (χ0) is 22.2. The molecule has 0 unspecified atom stereocenters. The van der Waals surface area contributed by atoms with Crippen LogP contribution in [0.2, 0.25) is 5.02 Å². The Bertz CT molecular complexity index is 1350. The molecule has 31 heavy (non-hydrogen) atoms. The molecule has 4 nitrogen and oxygen atoms in total. The Morgan fingerprint density at radius 1 is 0.968 bits per heavy atom. The van der Waals surface area contributed by atoms with Crippen LogP contribution in [0.5, 0.6) is 0 Å². The van der Waals surface area contributed by atoms with Gasteiger partial charge in [-0.05, 0) is 48.5 Å². The van der Waals surface area contributed by atoms with E-state index in [1.807, 2.05) is 35.9 Å². The molecule has 4 rings (SSSR count). The van der Waals surface area contributed by atoms with Crippen LogP contribution in [0.1, 0.15) is 0 Å². The highest BCUT2D eigenvalue weighted by molar-refractivity contribution is 7.99. The Morgan fingerprint density at radius 2 is 1.65 bits per heavy atom. The minimum atomic E-state index is -3.30. The van der Waals surface area contributed by atoms with E-state index in [-0.39, 0.29) is 10.7 Å². The van der Waals surface area contributed by atoms with Gasteiger partial charge < -0.3 is 4.57 Å². The first-order valence-corrected chi connectivity index (χ1v) is 12.4. The minimum Gasteiger partial charge on any atom is -0.322 e. The van der Waals surface area contributed by atoms with Gasteiger partial charge >= 0.3 is 0 Å². The third kappa shape index (κ3) is 4.69. The Labute approximate surface area is 189 Å². The van der Waals surface area contributed by atoms with Crippen molar-refractivity contribution in [2.45, 2.75) is 14.8 Å². The van der Waals surface area contributed by atoms with Crippen LogP contribution < -0.4 is 0 Å². The molecule has 1 aromatic heterocycles. The number of aromatic nitrogens is 2. The van der Waals surface area contributed by atoms with E-state index in [1.165, 1.54) is 30.2 Å². The van der Waals surface area contributed by atoms with Gasteiger partial charge in [0.15, 0.2) is 9.84 Å². The van der Waals surface area contributed by atoms with Crippen molar-refractivity contribution in [3.63, 3.8) is 0 Å². The second-order valence-corrected chi connectivity index (χ2v) is 10.5. The summed E-state index contributed by atoms with van der Waals surface area (Å²) in [6, 6.07) is 20.3. The summed E-state index contributed by atoms with van der Waals surface area (Å²) in [4.78, 5) is 6.00. The summed E-state index contributed by atoms with van der Waals surface area (Å²) < 4.78 is 39.4. The van der Waals surface area contributed by atoms with Crippen molar-refractivity contribution in [3.05, 3.63) is 83.6 Å². The third-order valence-electron chi connectivity index (χ3n) is 4.71. The molecule has 1 heterocycles. The molecular weight excluding hydrogens is 455 g/mol. The van der Waals surface area contributed by atoms with Crippen LogP contribution in [-0.4, -0.2) is 24.2 Å². The number of sulfone groups is 1. The number of nitrogens with zero attached hydrogens (tertiary/aromatic N) is 2. The molecule has 0 aliphatic heterocycles. The predicted molar refractivity (Wildman–Crippen MR) is 123 cm³/mol. The van der Waals surface area contributed by atoms with Gasteiger partial charge in [-0.3, -0.25) is 0 Å². The highest BCUT2D eigenvalue weighted by atomic mass is 35.5. The second-order valence-electron chi connectivity index (χ2n) is 7.01. The van der Waals surface area contributed by atoms with Gasteiger partial charge in [-0.1, -0.05) is 47.6 Å². The number of imidazole rings is 1. The molecule has 158 valence electrons. The molecule has 0 aliphatic rings. The van der Waals surface area contributed by atoms with Gasteiger partial charge in [0.25, 0.3) is 0 Å². The van der Waals surface area contributed by atoms with E-state index in [0.29, 0.717) is 22.1 Å². The fourth-order valence-electron chi connectivity index (χ4n) is 3.15. The first-order valence-electron chi connectivity index (χ1n) is 9.29. The van der Waals surface area contributed by atoms with Gasteiger partial charge in [0.2, 0.25) is 0 Å². The summed E-state index contributed by atoms with van der Waals surface area (Å²) >= 11 is 7.52. The molecule has 0 amide bonds. The molecule has 0 saturated carbocycles. The smallest absolute Gasteiger partial charge is 0.175 e. The fraction of sp³-hybridized carbons (Fsp3) is 0.0870. The molecule has 0 fully saturated rings. The summed E-state index contributed by atoms with van der Waals surface area (Å²) in [5.74, 6) is 0.268. The van der Waals surface area contributed by atoms with Crippen LogP contribution in [0.4, 0.5) is 4.39 Å². The Hall–Kier alpha value is -2.61. The molecule has 0 spiro atoms. The maximum absolute atomic E-state index is 13.8. The molecule has 0 radical (unpaired) electrons. The molecule has 0 aliphatic carbocycles. The van der Waals surface area contributed by atoms with Gasteiger partial charge in [-0.2, -0.15) is 0 Å². The highest BCUT2D eigenvalue weighted by Crippen LogP contribution is 2.39. The molecule has 3 aromatic carbocycles. The summed E-state index contributed by atoms with van der Waals surface area (Å²) in [5.41, 5.74) is 2.10. The van der Waals surface area contributed by atoms with Crippen LogP contribution in [0, 0.1) is 5.82 Å². The van der Waals surface area contributed by atoms with Crippen LogP contribution in [0.15, 0.2) is 87.6 Å². The molecule has 0 N–H and O–H groups in total. The van der Waals surface area contributed by atoms with Gasteiger partial charge in [0.1, 0.15) is 22.4 Å². The summed E-state index contributed by atoms with van der Waals surface area (Å²) in [6.45, 7) is 0. The molecule has 0 bridgehead atoms. The van der Waals surface area contributed by atoms with E-state index >= 15 is 0 Å². The highest BCUT2D eigenvalue weighted by Gasteiger charge is 2.19. The molecule has 4 aromatic rings. The summed E-state index contributed by atoms with van der Waals surface area (Å²) in [5, 5.41) is 1.49. The van der Waals surface area contributed by atoms with Crippen molar-refractivity contribution in [1.82, 2.24) is 9.55 Å². The number of halogens is 2. The largest absolute Gasteiger partial charge is 0.322 e. The zero-order valence-electron chi connectivity index (χ0n) is 16.7. The first kappa shape index (κ1) is 21.6. The second kappa shape index (κ2) is 8.49. The van der Waals surface area contributed by atoms with E-state index < -0.39 is 9.84 Å². The van der Waals surface area contributed by atoms with Gasteiger partial charge in [0, 0.05) is 34.3 Å². The Morgan fingerprint density at radius 3 is 2.26 bits per heavy atom. The van der Waals surface area contributed by atoms with E-state index in [2.05, 4.69) is 0 Å². The lowest BCUT2D eigenvalue weighted by Crippen LogP contribution is -1.96. The standard InChI is InChI=1S/C23H18ClFN2O2S2/c1-27-22(16-4-3-5-18(25)14-16)26-21(15-6-12-20(13-7-15)31(2,28)29)23(27)30-19-10-8-17(24)9-11-19/h3-14H,1-2H3. The van der Waals surface area contributed by atoms with Gasteiger partial charge in [0.05, 0.1) is 4.90 Å². The minimum absolute atomic E-state index is 0.240. The molecule has 0 atom stereocenters. The van der Waals surface area contributed by atoms with Crippen molar-refractivity contribution < 1.29 is 12.8 Å². The molecule has 0 saturated heterocycles. The quantitative estimate of drug-likeness (QED) is 0.352. The lowest BCUT2D eigenvalue weighted by molar-refractivity contribution is 0.602. The average Bonchev–Trinajstić information content (AvgIpc) is 3.05. The Kier molecular flexibility index (Phi) is 5.92. The molecule has 8 heteroatoms. The van der Waals surface area contributed by atoms with Crippen molar-refractivity contribution >= 4 is 33.2 Å². The average molecular weight is 473 g/mol. The predicted octanol–water partition coefficient (Wildman–Crippen LogP) is 6.10. The van der Waals surface area contributed by atoms with E-state index in [0.717, 1.165) is 15.5 Å². The van der Waals surface area contributed by atoms with Crippen molar-refractivity contribution in [2.75, 3.05) is 6.26 Å². The third-order valence-corrected chi connectivity index (χ3v) is 7.26. The number of rotatable bonds is 5. The number of hydrogen-bond acceptors (Lipinski definition) is 4. The summed E-state index contributed by atoms with van der Waals surface area (Å²) in [6.07, 6.45) is 1.17. The van der Waals surface area contributed by atoms with Crippen LogP contribution in [0.3, 0.4) is 0 Å². The maximum atomic E-state index is 13.8. The van der Waals surface area contributed by atoms with Crippen LogP contribution in [-0.2, 0) is 16.9 Å². The SMILES string of the molecule is Cn1c(-c2cccc(F)c2)nc(-c2ccc(S(C)(=O)=O)cc2)c1Sc1ccc(Cl)cc1. The fourth-order valence-corrected chi connectivity index (χ4v) is 4.88. The van der Waals surface area contributed by atoms with Crippen molar-refractivity contribution in [3.8, 4) is 22.6 Å². The van der Waals surface area contributed by atoms with E-state index in [1.54, 1.807) is 36.4 Å². The van der Waals surface area contributed by atoms with Gasteiger partial charge in [-0.15, -0.1) is 0 Å². The Balaban J connectivity index is 1.85. The topological polar surface area (TPSA) is 52.0 Å². The normalized spacial score (nSPS) is 11.6. The number of benzene rings is 3. The monoisotopic (exact) mass is 472 g/mol. The van der Waals surface area contributed by atoms with Crippen LogP contribution in [0.25, 0.3) is 22.6 Å². The summed E-state index contributed by atoms with van der Waals surface area (Å²) in [7, 11) is -1.43. The van der Waals surface area contributed by atoms with Crippen molar-refractivity contribution in [1.29, 1.82) is 0 Å². The first-order chi connectivity index (χ1) is 14.7. The van der Waals surface area contributed by atoms with Crippen LogP contribution >= 0.6 is 23.4 Å².